The summed E-state index contributed by atoms with van der Waals surface area (Å²) in [5.41, 5.74) is 5.66. The summed E-state index contributed by atoms with van der Waals surface area (Å²) in [6.07, 6.45) is 0. The van der Waals surface area contributed by atoms with Gasteiger partial charge in [0.15, 0.2) is 5.78 Å². The monoisotopic (exact) mass is 392 g/mol. The second kappa shape index (κ2) is 8.25. The van der Waals surface area contributed by atoms with Crippen LogP contribution < -0.4 is 9.80 Å². The number of aryl methyl sites for hydroxylation is 1. The lowest BCUT2D eigenvalue weighted by Crippen LogP contribution is -3.13. The Balaban J connectivity index is 1.33. The van der Waals surface area contributed by atoms with Crippen molar-refractivity contribution in [3.8, 4) is 10.6 Å². The molecule has 28 heavy (non-hydrogen) atoms. The number of aromatic nitrogens is 1. The van der Waals surface area contributed by atoms with Gasteiger partial charge in [-0.15, -0.1) is 11.3 Å². The van der Waals surface area contributed by atoms with E-state index in [2.05, 4.69) is 53.6 Å². The van der Waals surface area contributed by atoms with Crippen LogP contribution in [0.2, 0.25) is 0 Å². The molecule has 4 nitrogen and oxygen atoms in total. The first-order valence-corrected chi connectivity index (χ1v) is 10.7. The molecule has 144 valence electrons. The van der Waals surface area contributed by atoms with E-state index in [1.165, 1.54) is 22.5 Å². The van der Waals surface area contributed by atoms with Crippen molar-refractivity contribution >= 4 is 22.8 Å². The maximum Gasteiger partial charge on any atom is 0.159 e. The lowest BCUT2D eigenvalue weighted by atomic mass is 10.1. The van der Waals surface area contributed by atoms with Gasteiger partial charge >= 0.3 is 0 Å². The minimum Gasteiger partial charge on any atom is -0.360 e. The largest absolute Gasteiger partial charge is 0.360 e. The Morgan fingerprint density at radius 3 is 2.39 bits per heavy atom. The number of hydrogen-bond acceptors (Lipinski definition) is 4. The third kappa shape index (κ3) is 4.32. The van der Waals surface area contributed by atoms with Gasteiger partial charge < -0.3 is 9.80 Å². The van der Waals surface area contributed by atoms with Crippen molar-refractivity contribution in [1.29, 1.82) is 0 Å². The Hall–Kier alpha value is -2.50. The topological polar surface area (TPSA) is 37.6 Å². The molecule has 1 aliphatic rings. The first kappa shape index (κ1) is 18.8. The molecule has 0 radical (unpaired) electrons. The Morgan fingerprint density at radius 2 is 1.75 bits per heavy atom. The van der Waals surface area contributed by atoms with E-state index in [0.717, 1.165) is 43.3 Å². The zero-order valence-corrected chi connectivity index (χ0v) is 17.3. The highest BCUT2D eigenvalue weighted by molar-refractivity contribution is 7.13. The molecule has 0 atom stereocenters. The Kier molecular flexibility index (Phi) is 5.55. The predicted molar refractivity (Wildman–Crippen MR) is 115 cm³/mol. The number of carbonyl (C=O) groups is 1. The molecule has 0 unspecified atom stereocenters. The van der Waals surface area contributed by atoms with Crippen LogP contribution in [0.5, 0.6) is 0 Å². The zero-order chi connectivity index (χ0) is 19.5. The Morgan fingerprint density at radius 1 is 1.07 bits per heavy atom. The minimum atomic E-state index is 0.120. The molecule has 0 aliphatic carbocycles. The van der Waals surface area contributed by atoms with Crippen molar-refractivity contribution in [1.82, 2.24) is 4.98 Å². The maximum absolute atomic E-state index is 11.4. The first-order valence-electron chi connectivity index (χ1n) is 9.79. The van der Waals surface area contributed by atoms with Gasteiger partial charge in [0.05, 0.1) is 26.2 Å². The van der Waals surface area contributed by atoms with E-state index < -0.39 is 0 Å². The van der Waals surface area contributed by atoms with Gasteiger partial charge in [0.1, 0.15) is 17.2 Å². The van der Waals surface area contributed by atoms with Gasteiger partial charge in [0, 0.05) is 22.2 Å². The van der Waals surface area contributed by atoms with E-state index in [1.807, 2.05) is 12.1 Å². The SMILES string of the molecule is CC(=O)c1ccc(N2CC[NH+](Cc3csc(-c4ccc(C)cc4)n3)CC2)cc1. The molecule has 1 aromatic heterocycles. The summed E-state index contributed by atoms with van der Waals surface area (Å²) >= 11 is 1.74. The molecule has 0 spiro atoms. The number of ketones is 1. The highest BCUT2D eigenvalue weighted by atomic mass is 32.1. The summed E-state index contributed by atoms with van der Waals surface area (Å²) in [5, 5.41) is 3.31. The molecule has 1 N–H and O–H groups in total. The second-order valence-corrected chi connectivity index (χ2v) is 8.39. The third-order valence-corrected chi connectivity index (χ3v) is 6.33. The molecule has 0 saturated carbocycles. The van der Waals surface area contributed by atoms with Crippen LogP contribution in [0.1, 0.15) is 28.5 Å². The van der Waals surface area contributed by atoms with Crippen molar-refractivity contribution in [2.45, 2.75) is 20.4 Å². The summed E-state index contributed by atoms with van der Waals surface area (Å²) in [4.78, 5) is 20.3. The highest BCUT2D eigenvalue weighted by Crippen LogP contribution is 2.23. The summed E-state index contributed by atoms with van der Waals surface area (Å²) in [6.45, 7) is 8.97. The molecular formula is C23H26N3OS+. The van der Waals surface area contributed by atoms with Crippen LogP contribution in [0.15, 0.2) is 53.9 Å². The first-order chi connectivity index (χ1) is 13.6. The molecule has 3 aromatic rings. The van der Waals surface area contributed by atoms with Gasteiger partial charge in [-0.25, -0.2) is 4.98 Å². The molecule has 2 heterocycles. The highest BCUT2D eigenvalue weighted by Gasteiger charge is 2.21. The number of Topliss-reactive ketones (excluding diaryl/α,β-unsaturated/α-hetero) is 1. The van der Waals surface area contributed by atoms with Crippen LogP contribution in [-0.4, -0.2) is 36.9 Å². The fourth-order valence-electron chi connectivity index (χ4n) is 3.64. The van der Waals surface area contributed by atoms with Gasteiger partial charge in [-0.3, -0.25) is 4.79 Å². The standard InChI is InChI=1S/C23H25N3OS/c1-17-3-5-20(6-4-17)23-24-21(16-28-23)15-25-11-13-26(14-12-25)22-9-7-19(8-10-22)18(2)27/h3-10,16H,11-15H2,1-2H3/p+1. The number of nitrogens with one attached hydrogen (secondary N) is 1. The van der Waals surface area contributed by atoms with Gasteiger partial charge in [-0.2, -0.15) is 0 Å². The number of rotatable bonds is 5. The molecule has 0 bridgehead atoms. The van der Waals surface area contributed by atoms with E-state index in [4.69, 9.17) is 4.98 Å². The molecule has 5 heteroatoms. The van der Waals surface area contributed by atoms with Gasteiger partial charge in [0.25, 0.3) is 0 Å². The van der Waals surface area contributed by atoms with E-state index >= 15 is 0 Å². The lowest BCUT2D eigenvalue weighted by molar-refractivity contribution is -0.914. The summed E-state index contributed by atoms with van der Waals surface area (Å²) in [6, 6.07) is 16.6. The van der Waals surface area contributed by atoms with Gasteiger partial charge in [-0.1, -0.05) is 29.8 Å². The van der Waals surface area contributed by atoms with Crippen LogP contribution in [-0.2, 0) is 6.54 Å². The van der Waals surface area contributed by atoms with Crippen molar-refractivity contribution in [2.75, 3.05) is 31.1 Å². The Bertz CT molecular complexity index is 939. The summed E-state index contributed by atoms with van der Waals surface area (Å²) in [7, 11) is 0. The zero-order valence-electron chi connectivity index (χ0n) is 16.4. The second-order valence-electron chi connectivity index (χ2n) is 7.53. The van der Waals surface area contributed by atoms with E-state index in [9.17, 15) is 4.79 Å². The Labute approximate surface area is 170 Å². The maximum atomic E-state index is 11.4. The average molecular weight is 393 g/mol. The average Bonchev–Trinajstić information content (AvgIpc) is 3.18. The minimum absolute atomic E-state index is 0.120. The number of nitrogens with zero attached hydrogens (tertiary/aromatic N) is 2. The van der Waals surface area contributed by atoms with Crippen molar-refractivity contribution in [3.05, 3.63) is 70.7 Å². The normalized spacial score (nSPS) is 15.0. The molecular weight excluding hydrogens is 366 g/mol. The molecule has 4 rings (SSSR count). The number of thiazole rings is 1. The molecule has 2 aromatic carbocycles. The third-order valence-electron chi connectivity index (χ3n) is 5.39. The van der Waals surface area contributed by atoms with Crippen LogP contribution in [0.25, 0.3) is 10.6 Å². The molecule has 1 saturated heterocycles. The molecule has 1 aliphatic heterocycles. The number of quaternary nitrogens is 1. The van der Waals surface area contributed by atoms with Crippen molar-refractivity contribution in [2.24, 2.45) is 0 Å². The summed E-state index contributed by atoms with van der Waals surface area (Å²) < 4.78 is 0. The van der Waals surface area contributed by atoms with Crippen molar-refractivity contribution < 1.29 is 9.69 Å². The van der Waals surface area contributed by atoms with E-state index in [1.54, 1.807) is 23.2 Å². The van der Waals surface area contributed by atoms with Crippen LogP contribution >= 0.6 is 11.3 Å². The van der Waals surface area contributed by atoms with Crippen molar-refractivity contribution in [3.63, 3.8) is 0 Å². The van der Waals surface area contributed by atoms with Crippen LogP contribution in [0.3, 0.4) is 0 Å². The van der Waals surface area contributed by atoms with Gasteiger partial charge in [0.2, 0.25) is 0 Å². The number of hydrogen-bond donors (Lipinski definition) is 1. The number of piperazine rings is 1. The lowest BCUT2D eigenvalue weighted by Gasteiger charge is -2.33. The number of anilines is 1. The molecule has 0 amide bonds. The molecule has 1 fully saturated rings. The summed E-state index contributed by atoms with van der Waals surface area (Å²) in [5.74, 6) is 0.120. The predicted octanol–water partition coefficient (Wildman–Crippen LogP) is 3.23. The van der Waals surface area contributed by atoms with E-state index in [0.29, 0.717) is 0 Å². The van der Waals surface area contributed by atoms with E-state index in [-0.39, 0.29) is 5.78 Å². The van der Waals surface area contributed by atoms with Crippen LogP contribution in [0, 0.1) is 6.92 Å². The number of carbonyl (C=O) groups excluding carboxylic acids is 1. The fraction of sp³-hybridized carbons (Fsp3) is 0.304. The quantitative estimate of drug-likeness (QED) is 0.678. The van der Waals surface area contributed by atoms with Crippen LogP contribution in [0.4, 0.5) is 5.69 Å². The number of benzene rings is 2. The fourth-order valence-corrected chi connectivity index (χ4v) is 4.46. The smallest absolute Gasteiger partial charge is 0.159 e. The van der Waals surface area contributed by atoms with Gasteiger partial charge in [-0.05, 0) is 38.1 Å².